The highest BCUT2D eigenvalue weighted by molar-refractivity contribution is 5.75. The molecule has 0 amide bonds. The maximum atomic E-state index is 10.7. The number of unbranched alkanes of at least 4 members (excludes halogenated alkanes) is 1. The van der Waals surface area contributed by atoms with Crippen molar-refractivity contribution >= 4 is 11.6 Å². The van der Waals surface area contributed by atoms with Crippen LogP contribution in [0.1, 0.15) is 59.3 Å². The fourth-order valence-electron chi connectivity index (χ4n) is 1.46. The van der Waals surface area contributed by atoms with Gasteiger partial charge in [-0.05, 0) is 32.6 Å². The van der Waals surface area contributed by atoms with Gasteiger partial charge in [-0.1, -0.05) is 19.8 Å². The Hall–Kier alpha value is -0.660. The SMILES string of the molecule is CC(=O)CCCCC(C)CCC(C)=O. The molecule has 0 spiro atoms. The number of rotatable bonds is 8. The summed E-state index contributed by atoms with van der Waals surface area (Å²) < 4.78 is 0. The van der Waals surface area contributed by atoms with Crippen LogP contribution >= 0.6 is 0 Å². The second-order valence-corrected chi connectivity index (χ2v) is 4.29. The predicted molar refractivity (Wildman–Crippen MR) is 58.2 cm³/mol. The second-order valence-electron chi connectivity index (χ2n) is 4.29. The van der Waals surface area contributed by atoms with E-state index < -0.39 is 0 Å². The molecule has 2 nitrogen and oxygen atoms in total. The van der Waals surface area contributed by atoms with E-state index in [0.717, 1.165) is 25.7 Å². The van der Waals surface area contributed by atoms with Gasteiger partial charge in [0, 0.05) is 12.8 Å². The van der Waals surface area contributed by atoms with Crippen molar-refractivity contribution in [3.05, 3.63) is 0 Å². The van der Waals surface area contributed by atoms with Gasteiger partial charge in [0.1, 0.15) is 11.6 Å². The van der Waals surface area contributed by atoms with Crippen LogP contribution in [0, 0.1) is 5.92 Å². The van der Waals surface area contributed by atoms with Gasteiger partial charge >= 0.3 is 0 Å². The van der Waals surface area contributed by atoms with E-state index in [1.807, 2.05) is 0 Å². The van der Waals surface area contributed by atoms with E-state index in [0.29, 0.717) is 18.8 Å². The predicted octanol–water partition coefficient (Wildman–Crippen LogP) is 3.14. The average molecular weight is 198 g/mol. The average Bonchev–Trinajstić information content (AvgIpc) is 2.08. The lowest BCUT2D eigenvalue weighted by atomic mass is 9.97. The quantitative estimate of drug-likeness (QED) is 0.561. The van der Waals surface area contributed by atoms with E-state index >= 15 is 0 Å². The van der Waals surface area contributed by atoms with Crippen molar-refractivity contribution in [2.75, 3.05) is 0 Å². The first kappa shape index (κ1) is 13.3. The van der Waals surface area contributed by atoms with Crippen molar-refractivity contribution in [2.45, 2.75) is 59.3 Å². The lowest BCUT2D eigenvalue weighted by molar-refractivity contribution is -0.117. The second kappa shape index (κ2) is 7.72. The first-order chi connectivity index (χ1) is 6.52. The normalized spacial score (nSPS) is 12.5. The molecular formula is C12H22O2. The maximum Gasteiger partial charge on any atom is 0.129 e. The Morgan fingerprint density at radius 3 is 2.00 bits per heavy atom. The molecule has 0 heterocycles. The van der Waals surface area contributed by atoms with E-state index in [4.69, 9.17) is 0 Å². The topological polar surface area (TPSA) is 34.1 Å². The minimum absolute atomic E-state index is 0.278. The first-order valence-corrected chi connectivity index (χ1v) is 5.51. The highest BCUT2D eigenvalue weighted by Crippen LogP contribution is 2.14. The summed E-state index contributed by atoms with van der Waals surface area (Å²) in [6, 6.07) is 0. The van der Waals surface area contributed by atoms with Crippen LogP contribution in [0.5, 0.6) is 0 Å². The molecule has 14 heavy (non-hydrogen) atoms. The van der Waals surface area contributed by atoms with Crippen molar-refractivity contribution < 1.29 is 9.59 Å². The Morgan fingerprint density at radius 1 is 0.929 bits per heavy atom. The summed E-state index contributed by atoms with van der Waals surface area (Å²) in [7, 11) is 0. The molecule has 0 aromatic rings. The third-order valence-electron chi connectivity index (χ3n) is 2.46. The Bertz CT molecular complexity index is 185. The van der Waals surface area contributed by atoms with Gasteiger partial charge in [0.25, 0.3) is 0 Å². The minimum Gasteiger partial charge on any atom is -0.300 e. The summed E-state index contributed by atoms with van der Waals surface area (Å²) in [6.45, 7) is 5.46. The van der Waals surface area contributed by atoms with Crippen LogP contribution in [0.15, 0.2) is 0 Å². The molecule has 1 atom stereocenters. The molecular weight excluding hydrogens is 176 g/mol. The lowest BCUT2D eigenvalue weighted by Gasteiger charge is -2.09. The summed E-state index contributed by atoms with van der Waals surface area (Å²) in [4.78, 5) is 21.4. The van der Waals surface area contributed by atoms with Gasteiger partial charge in [-0.2, -0.15) is 0 Å². The number of ketones is 2. The van der Waals surface area contributed by atoms with Gasteiger partial charge in [-0.25, -0.2) is 0 Å². The van der Waals surface area contributed by atoms with Crippen LogP contribution in [0.25, 0.3) is 0 Å². The van der Waals surface area contributed by atoms with Gasteiger partial charge in [-0.15, -0.1) is 0 Å². The number of Topliss-reactive ketones (excluding diaryl/α,β-unsaturated/α-hetero) is 2. The van der Waals surface area contributed by atoms with E-state index in [1.165, 1.54) is 0 Å². The van der Waals surface area contributed by atoms with Crippen LogP contribution in [-0.4, -0.2) is 11.6 Å². The number of hydrogen-bond donors (Lipinski definition) is 0. The van der Waals surface area contributed by atoms with Gasteiger partial charge in [0.15, 0.2) is 0 Å². The molecule has 0 N–H and O–H groups in total. The van der Waals surface area contributed by atoms with Crippen LogP contribution in [0.3, 0.4) is 0 Å². The van der Waals surface area contributed by atoms with E-state index in [-0.39, 0.29) is 11.6 Å². The van der Waals surface area contributed by atoms with E-state index in [1.54, 1.807) is 13.8 Å². The number of hydrogen-bond acceptors (Lipinski definition) is 2. The van der Waals surface area contributed by atoms with Gasteiger partial charge in [0.05, 0.1) is 0 Å². The summed E-state index contributed by atoms with van der Waals surface area (Å²) in [5.41, 5.74) is 0. The molecule has 0 aliphatic carbocycles. The summed E-state index contributed by atoms with van der Waals surface area (Å²) in [5, 5.41) is 0. The molecule has 0 aromatic heterocycles. The molecule has 0 aromatic carbocycles. The number of carbonyl (C=O) groups excluding carboxylic acids is 2. The monoisotopic (exact) mass is 198 g/mol. The molecule has 0 aliphatic rings. The molecule has 0 bridgehead atoms. The van der Waals surface area contributed by atoms with Crippen molar-refractivity contribution in [1.29, 1.82) is 0 Å². The van der Waals surface area contributed by atoms with Crippen LogP contribution in [0.2, 0.25) is 0 Å². The highest BCUT2D eigenvalue weighted by atomic mass is 16.1. The zero-order valence-corrected chi connectivity index (χ0v) is 9.64. The number of carbonyl (C=O) groups is 2. The van der Waals surface area contributed by atoms with E-state index in [9.17, 15) is 9.59 Å². The zero-order valence-electron chi connectivity index (χ0n) is 9.64. The minimum atomic E-state index is 0.278. The fraction of sp³-hybridized carbons (Fsp3) is 0.833. The third kappa shape index (κ3) is 9.43. The smallest absolute Gasteiger partial charge is 0.129 e. The molecule has 2 heteroatoms. The fourth-order valence-corrected chi connectivity index (χ4v) is 1.46. The lowest BCUT2D eigenvalue weighted by Crippen LogP contribution is -1.99. The largest absolute Gasteiger partial charge is 0.300 e. The van der Waals surface area contributed by atoms with E-state index in [2.05, 4.69) is 6.92 Å². The Morgan fingerprint density at radius 2 is 1.50 bits per heavy atom. The van der Waals surface area contributed by atoms with Crippen molar-refractivity contribution in [2.24, 2.45) is 5.92 Å². The molecule has 0 fully saturated rings. The molecule has 82 valence electrons. The van der Waals surface area contributed by atoms with Gasteiger partial charge < -0.3 is 9.59 Å². The summed E-state index contributed by atoms with van der Waals surface area (Å²) >= 11 is 0. The Balaban J connectivity index is 3.30. The standard InChI is InChI=1S/C12H22O2/c1-10(8-9-12(3)14)6-4-5-7-11(2)13/h10H,4-9H2,1-3H3. The van der Waals surface area contributed by atoms with Gasteiger partial charge in [-0.3, -0.25) is 0 Å². The summed E-state index contributed by atoms with van der Waals surface area (Å²) in [6.07, 6.45) is 5.65. The Kier molecular flexibility index (Phi) is 7.35. The molecule has 0 saturated carbocycles. The van der Waals surface area contributed by atoms with Gasteiger partial charge in [0.2, 0.25) is 0 Å². The molecule has 0 radical (unpaired) electrons. The molecule has 1 unspecified atom stereocenters. The maximum absolute atomic E-state index is 10.7. The highest BCUT2D eigenvalue weighted by Gasteiger charge is 2.04. The molecule has 0 rings (SSSR count). The zero-order chi connectivity index (χ0) is 11.0. The Labute approximate surface area is 87.1 Å². The van der Waals surface area contributed by atoms with Crippen LogP contribution in [-0.2, 0) is 9.59 Å². The van der Waals surface area contributed by atoms with Crippen molar-refractivity contribution in [3.63, 3.8) is 0 Å². The van der Waals surface area contributed by atoms with Crippen molar-refractivity contribution in [3.8, 4) is 0 Å². The summed E-state index contributed by atoms with van der Waals surface area (Å²) in [5.74, 6) is 1.17. The van der Waals surface area contributed by atoms with Crippen molar-refractivity contribution in [1.82, 2.24) is 0 Å². The molecule has 0 saturated heterocycles. The molecule has 0 aliphatic heterocycles. The third-order valence-corrected chi connectivity index (χ3v) is 2.46. The van der Waals surface area contributed by atoms with Crippen LogP contribution in [0.4, 0.5) is 0 Å². The van der Waals surface area contributed by atoms with Crippen LogP contribution < -0.4 is 0 Å². The first-order valence-electron chi connectivity index (χ1n) is 5.51.